The summed E-state index contributed by atoms with van der Waals surface area (Å²) in [6, 6.07) is 4.97. The van der Waals surface area contributed by atoms with Crippen molar-refractivity contribution in [3.05, 3.63) is 58.7 Å². The van der Waals surface area contributed by atoms with Crippen molar-refractivity contribution in [2.75, 3.05) is 23.4 Å². The summed E-state index contributed by atoms with van der Waals surface area (Å²) in [6.07, 6.45) is -14.3. The van der Waals surface area contributed by atoms with E-state index in [1.165, 1.54) is 18.2 Å². The first kappa shape index (κ1) is 25.4. The fraction of sp³-hybridized carbons (Fsp3) is 0.318. The van der Waals surface area contributed by atoms with Gasteiger partial charge in [-0.1, -0.05) is 0 Å². The van der Waals surface area contributed by atoms with Crippen molar-refractivity contribution in [3.63, 3.8) is 0 Å². The number of anilines is 2. The first-order chi connectivity index (χ1) is 16.8. The molecule has 14 heteroatoms. The fourth-order valence-electron chi connectivity index (χ4n) is 3.85. The number of benzene rings is 2. The molecule has 1 saturated heterocycles. The minimum atomic E-state index is -5.12. The number of carbonyl (C=O) groups is 3. The SMILES string of the molecule is O=C1NCc2cc(NC(=O)[C@H](O)C3OCCN(c4cc(C(F)(F)F)cc(C(F)(F)F)c4)C3=O)ccc21. The first-order valence-corrected chi connectivity index (χ1v) is 10.4. The molecule has 2 aromatic rings. The van der Waals surface area contributed by atoms with Crippen LogP contribution in [0.15, 0.2) is 36.4 Å². The molecular weight excluding hydrogens is 500 g/mol. The normalized spacial score (nSPS) is 19.1. The standard InChI is InChI=1S/C22H17F6N3O5/c23-21(24,25)11-6-12(22(26,27)28)8-14(7-11)31-3-4-36-17(20(31)35)16(32)19(34)30-13-1-2-15-10(5-13)9-29-18(15)33/h1-2,5-8,16-17,32H,3-4,9H2,(H,29,33)(H,30,34)/t16-,17?/m1/s1. The van der Waals surface area contributed by atoms with Crippen LogP contribution in [0.25, 0.3) is 0 Å². The summed E-state index contributed by atoms with van der Waals surface area (Å²) in [5.41, 5.74) is -2.79. The number of halogens is 6. The number of fused-ring (bicyclic) bond motifs is 1. The first-order valence-electron chi connectivity index (χ1n) is 10.4. The van der Waals surface area contributed by atoms with Crippen LogP contribution in [0.5, 0.6) is 0 Å². The van der Waals surface area contributed by atoms with Gasteiger partial charge in [0.15, 0.2) is 12.2 Å². The molecule has 0 bridgehead atoms. The number of hydrogen-bond acceptors (Lipinski definition) is 5. The van der Waals surface area contributed by atoms with Crippen LogP contribution in [-0.4, -0.2) is 48.2 Å². The number of morpholine rings is 1. The van der Waals surface area contributed by atoms with Crippen LogP contribution < -0.4 is 15.5 Å². The highest BCUT2D eigenvalue weighted by Crippen LogP contribution is 2.39. The summed E-state index contributed by atoms with van der Waals surface area (Å²) in [5, 5.41) is 15.4. The minimum Gasteiger partial charge on any atom is -0.380 e. The number of ether oxygens (including phenoxy) is 1. The molecule has 2 aliphatic rings. The van der Waals surface area contributed by atoms with Crippen LogP contribution >= 0.6 is 0 Å². The number of alkyl halides is 6. The van der Waals surface area contributed by atoms with Gasteiger partial charge in [-0.2, -0.15) is 26.3 Å². The summed E-state index contributed by atoms with van der Waals surface area (Å²) in [4.78, 5) is 37.7. The smallest absolute Gasteiger partial charge is 0.380 e. The predicted octanol–water partition coefficient (Wildman–Crippen LogP) is 2.70. The van der Waals surface area contributed by atoms with Gasteiger partial charge in [-0.3, -0.25) is 14.4 Å². The van der Waals surface area contributed by atoms with Crippen LogP contribution in [0, 0.1) is 0 Å². The molecule has 0 aliphatic carbocycles. The Morgan fingerprint density at radius 2 is 1.69 bits per heavy atom. The topological polar surface area (TPSA) is 108 Å². The summed E-state index contributed by atoms with van der Waals surface area (Å²) < 4.78 is 84.4. The Kier molecular flexibility index (Phi) is 6.43. The molecule has 1 unspecified atom stereocenters. The number of carbonyl (C=O) groups excluding carboxylic acids is 3. The number of aliphatic hydroxyl groups is 1. The molecule has 1 fully saturated rings. The third-order valence-corrected chi connectivity index (χ3v) is 5.62. The van der Waals surface area contributed by atoms with Gasteiger partial charge in [-0.05, 0) is 42.0 Å². The monoisotopic (exact) mass is 517 g/mol. The van der Waals surface area contributed by atoms with E-state index in [1.807, 2.05) is 0 Å². The Hall–Kier alpha value is -3.65. The highest BCUT2D eigenvalue weighted by atomic mass is 19.4. The van der Waals surface area contributed by atoms with Crippen molar-refractivity contribution < 1.29 is 50.6 Å². The van der Waals surface area contributed by atoms with Gasteiger partial charge in [-0.25, -0.2) is 0 Å². The van der Waals surface area contributed by atoms with Crippen LogP contribution in [0.4, 0.5) is 37.7 Å². The number of amides is 3. The van der Waals surface area contributed by atoms with Gasteiger partial charge in [0.1, 0.15) is 0 Å². The van der Waals surface area contributed by atoms with Crippen LogP contribution in [0.2, 0.25) is 0 Å². The van der Waals surface area contributed by atoms with Crippen molar-refractivity contribution in [1.29, 1.82) is 0 Å². The molecule has 0 aromatic heterocycles. The summed E-state index contributed by atoms with van der Waals surface area (Å²) in [5.74, 6) is -2.60. The summed E-state index contributed by atoms with van der Waals surface area (Å²) in [7, 11) is 0. The lowest BCUT2D eigenvalue weighted by atomic mass is 10.0. The maximum absolute atomic E-state index is 13.2. The van der Waals surface area contributed by atoms with E-state index < -0.39 is 59.7 Å². The molecule has 2 atom stereocenters. The molecule has 0 spiro atoms. The van der Waals surface area contributed by atoms with E-state index in [0.717, 1.165) is 0 Å². The number of aliphatic hydroxyl groups excluding tert-OH is 1. The molecule has 8 nitrogen and oxygen atoms in total. The van der Waals surface area contributed by atoms with Crippen molar-refractivity contribution in [3.8, 4) is 0 Å². The zero-order valence-corrected chi connectivity index (χ0v) is 18.0. The van der Waals surface area contributed by atoms with Crippen LogP contribution in [0.3, 0.4) is 0 Å². The van der Waals surface area contributed by atoms with Gasteiger partial charge >= 0.3 is 12.4 Å². The average Bonchev–Trinajstić information content (AvgIpc) is 3.17. The number of nitrogens with one attached hydrogen (secondary N) is 2. The molecule has 192 valence electrons. The quantitative estimate of drug-likeness (QED) is 0.541. The van der Waals surface area contributed by atoms with Crippen molar-refractivity contribution in [2.45, 2.75) is 31.1 Å². The molecule has 2 aromatic carbocycles. The molecule has 4 rings (SSSR count). The highest BCUT2D eigenvalue weighted by molar-refractivity contribution is 6.04. The third kappa shape index (κ3) is 4.99. The predicted molar refractivity (Wildman–Crippen MR) is 111 cm³/mol. The van der Waals surface area contributed by atoms with E-state index in [1.54, 1.807) is 0 Å². The highest BCUT2D eigenvalue weighted by Gasteiger charge is 2.42. The average molecular weight is 517 g/mol. The van der Waals surface area contributed by atoms with E-state index in [-0.39, 0.29) is 30.8 Å². The number of hydrogen-bond donors (Lipinski definition) is 3. The van der Waals surface area contributed by atoms with E-state index in [4.69, 9.17) is 4.74 Å². The van der Waals surface area contributed by atoms with Gasteiger partial charge in [0.25, 0.3) is 17.7 Å². The molecule has 2 aliphatic heterocycles. The molecule has 0 radical (unpaired) electrons. The zero-order chi connectivity index (χ0) is 26.4. The van der Waals surface area contributed by atoms with E-state index in [2.05, 4.69) is 10.6 Å². The van der Waals surface area contributed by atoms with E-state index in [0.29, 0.717) is 28.2 Å². The van der Waals surface area contributed by atoms with Crippen molar-refractivity contribution in [2.24, 2.45) is 0 Å². The largest absolute Gasteiger partial charge is 0.416 e. The third-order valence-electron chi connectivity index (χ3n) is 5.62. The Bertz CT molecular complexity index is 1200. The Labute approximate surface area is 198 Å². The zero-order valence-electron chi connectivity index (χ0n) is 18.0. The van der Waals surface area contributed by atoms with Gasteiger partial charge in [0.05, 0.1) is 17.7 Å². The molecular formula is C22H17F6N3O5. The number of nitrogens with zero attached hydrogens (tertiary/aromatic N) is 1. The summed E-state index contributed by atoms with van der Waals surface area (Å²) >= 11 is 0. The second kappa shape index (κ2) is 9.09. The Balaban J connectivity index is 1.55. The maximum atomic E-state index is 13.2. The van der Waals surface area contributed by atoms with E-state index in [9.17, 15) is 45.8 Å². The Morgan fingerprint density at radius 1 is 1.06 bits per heavy atom. The lowest BCUT2D eigenvalue weighted by molar-refractivity contribution is -0.150. The summed E-state index contributed by atoms with van der Waals surface area (Å²) in [6.45, 7) is -0.560. The molecule has 36 heavy (non-hydrogen) atoms. The maximum Gasteiger partial charge on any atom is 0.416 e. The molecule has 2 heterocycles. The molecule has 0 saturated carbocycles. The van der Waals surface area contributed by atoms with Gasteiger partial charge in [0, 0.05) is 30.0 Å². The van der Waals surface area contributed by atoms with Crippen LogP contribution in [-0.2, 0) is 33.2 Å². The van der Waals surface area contributed by atoms with Gasteiger partial charge < -0.3 is 25.4 Å². The lowest BCUT2D eigenvalue weighted by Crippen LogP contribution is -2.55. The molecule has 3 N–H and O–H groups in total. The number of rotatable bonds is 4. The van der Waals surface area contributed by atoms with Gasteiger partial charge in [-0.15, -0.1) is 0 Å². The Morgan fingerprint density at radius 3 is 2.31 bits per heavy atom. The van der Waals surface area contributed by atoms with Gasteiger partial charge in [0.2, 0.25) is 0 Å². The van der Waals surface area contributed by atoms with Crippen LogP contribution in [0.1, 0.15) is 27.0 Å². The molecule has 3 amide bonds. The van der Waals surface area contributed by atoms with E-state index >= 15 is 0 Å². The second-order valence-electron chi connectivity index (χ2n) is 8.03. The second-order valence-corrected chi connectivity index (χ2v) is 8.03. The lowest BCUT2D eigenvalue weighted by Gasteiger charge is -2.34. The fourth-order valence-corrected chi connectivity index (χ4v) is 3.85. The van der Waals surface area contributed by atoms with Crippen molar-refractivity contribution in [1.82, 2.24) is 5.32 Å². The van der Waals surface area contributed by atoms with Crippen molar-refractivity contribution >= 4 is 29.1 Å². The minimum absolute atomic E-state index is 0.0755.